The SMILES string of the molecule is COC12CC(CN(C(=O)C3CCN(c4ccc(-c5nn[nH]n5)cc4F)C3)C1)C2. The number of aromatic amines is 1. The Balaban J connectivity index is 1.26. The summed E-state index contributed by atoms with van der Waals surface area (Å²) in [5.41, 5.74) is 0.949. The molecule has 1 saturated carbocycles. The van der Waals surface area contributed by atoms with Crippen molar-refractivity contribution in [2.24, 2.45) is 11.8 Å². The molecule has 1 amide bonds. The van der Waals surface area contributed by atoms with Crippen LogP contribution in [0.25, 0.3) is 11.4 Å². The van der Waals surface area contributed by atoms with E-state index in [1.165, 1.54) is 6.07 Å². The summed E-state index contributed by atoms with van der Waals surface area (Å²) in [6.45, 7) is 2.72. The van der Waals surface area contributed by atoms with Crippen LogP contribution in [0.15, 0.2) is 18.2 Å². The number of nitrogens with zero attached hydrogens (tertiary/aromatic N) is 5. The average molecular weight is 386 g/mol. The second-order valence-corrected chi connectivity index (χ2v) is 8.21. The van der Waals surface area contributed by atoms with E-state index in [9.17, 15) is 9.18 Å². The molecule has 2 aromatic rings. The highest BCUT2D eigenvalue weighted by Gasteiger charge is 2.52. The Hall–Kier alpha value is -2.55. The van der Waals surface area contributed by atoms with Crippen molar-refractivity contribution >= 4 is 11.6 Å². The Morgan fingerprint density at radius 2 is 2.21 bits per heavy atom. The average Bonchev–Trinajstić information content (AvgIpc) is 3.39. The van der Waals surface area contributed by atoms with E-state index >= 15 is 0 Å². The summed E-state index contributed by atoms with van der Waals surface area (Å²) in [7, 11) is 1.74. The molecule has 0 spiro atoms. The van der Waals surface area contributed by atoms with Crippen molar-refractivity contribution in [1.82, 2.24) is 25.5 Å². The minimum absolute atomic E-state index is 0.0947. The fourth-order valence-corrected chi connectivity index (χ4v) is 5.00. The highest BCUT2D eigenvalue weighted by Crippen LogP contribution is 2.46. The van der Waals surface area contributed by atoms with Gasteiger partial charge in [0.1, 0.15) is 5.82 Å². The maximum Gasteiger partial charge on any atom is 0.227 e. The summed E-state index contributed by atoms with van der Waals surface area (Å²) in [5.74, 6) is 0.661. The Kier molecular flexibility index (Phi) is 4.08. The van der Waals surface area contributed by atoms with Crippen LogP contribution in [-0.4, -0.2) is 70.3 Å². The number of rotatable bonds is 4. The molecule has 1 atom stereocenters. The lowest BCUT2D eigenvalue weighted by Gasteiger charge is -2.55. The lowest BCUT2D eigenvalue weighted by molar-refractivity contribution is -0.176. The molecule has 4 heterocycles. The topological polar surface area (TPSA) is 87.2 Å². The second-order valence-electron chi connectivity index (χ2n) is 8.21. The number of hydrogen-bond acceptors (Lipinski definition) is 6. The van der Waals surface area contributed by atoms with Crippen LogP contribution >= 0.6 is 0 Å². The van der Waals surface area contributed by atoms with Gasteiger partial charge < -0.3 is 14.5 Å². The van der Waals surface area contributed by atoms with Crippen molar-refractivity contribution < 1.29 is 13.9 Å². The number of tetrazole rings is 1. The van der Waals surface area contributed by atoms with Crippen molar-refractivity contribution in [3.63, 3.8) is 0 Å². The van der Waals surface area contributed by atoms with E-state index < -0.39 is 0 Å². The summed E-state index contributed by atoms with van der Waals surface area (Å²) >= 11 is 0. The number of benzene rings is 1. The van der Waals surface area contributed by atoms with E-state index in [2.05, 4.69) is 20.6 Å². The number of hydrogen-bond donors (Lipinski definition) is 1. The second kappa shape index (κ2) is 6.51. The number of aromatic nitrogens is 4. The molecule has 1 unspecified atom stereocenters. The zero-order valence-electron chi connectivity index (χ0n) is 15.8. The third kappa shape index (κ3) is 2.85. The Morgan fingerprint density at radius 3 is 2.93 bits per heavy atom. The van der Waals surface area contributed by atoms with Gasteiger partial charge >= 0.3 is 0 Å². The number of halogens is 1. The summed E-state index contributed by atoms with van der Waals surface area (Å²) in [6.07, 6.45) is 2.86. The molecule has 3 saturated heterocycles. The molecule has 1 aromatic carbocycles. The number of nitrogens with one attached hydrogen (secondary N) is 1. The molecule has 8 nitrogen and oxygen atoms in total. The minimum atomic E-state index is -0.340. The molecule has 0 radical (unpaired) electrons. The van der Waals surface area contributed by atoms with Gasteiger partial charge in [0.2, 0.25) is 11.7 Å². The predicted molar refractivity (Wildman–Crippen MR) is 98.9 cm³/mol. The lowest BCUT2D eigenvalue weighted by Crippen LogP contribution is -2.63. The molecular formula is C19H23FN6O2. The van der Waals surface area contributed by atoms with Gasteiger partial charge in [0.15, 0.2) is 0 Å². The minimum Gasteiger partial charge on any atom is -0.376 e. The summed E-state index contributed by atoms with van der Waals surface area (Å²) in [6, 6.07) is 4.92. The van der Waals surface area contributed by atoms with Crippen molar-refractivity contribution in [3.05, 3.63) is 24.0 Å². The number of piperidine rings is 2. The van der Waals surface area contributed by atoms with Crippen molar-refractivity contribution in [2.75, 3.05) is 38.2 Å². The summed E-state index contributed by atoms with van der Waals surface area (Å²) in [4.78, 5) is 16.9. The third-order valence-corrected chi connectivity index (χ3v) is 6.45. The number of amides is 1. The lowest BCUT2D eigenvalue weighted by atomic mass is 9.67. The van der Waals surface area contributed by atoms with Crippen LogP contribution in [0.2, 0.25) is 0 Å². The molecule has 28 heavy (non-hydrogen) atoms. The van der Waals surface area contributed by atoms with Gasteiger partial charge in [-0.25, -0.2) is 4.39 Å². The summed E-state index contributed by atoms with van der Waals surface area (Å²) in [5, 5.41) is 13.6. The normalized spacial score (nSPS) is 29.1. The van der Waals surface area contributed by atoms with Crippen LogP contribution in [0.3, 0.4) is 0 Å². The molecular weight excluding hydrogens is 363 g/mol. The van der Waals surface area contributed by atoms with Gasteiger partial charge in [0.25, 0.3) is 0 Å². The van der Waals surface area contributed by atoms with Crippen LogP contribution in [0.5, 0.6) is 0 Å². The monoisotopic (exact) mass is 386 g/mol. The van der Waals surface area contributed by atoms with Gasteiger partial charge in [-0.1, -0.05) is 0 Å². The molecule has 4 fully saturated rings. The highest BCUT2D eigenvalue weighted by molar-refractivity contribution is 5.81. The van der Waals surface area contributed by atoms with Gasteiger partial charge in [-0.15, -0.1) is 10.2 Å². The van der Waals surface area contributed by atoms with E-state index in [0.29, 0.717) is 42.6 Å². The number of carbonyl (C=O) groups excluding carboxylic acids is 1. The first kappa shape index (κ1) is 17.5. The van der Waals surface area contributed by atoms with Crippen LogP contribution < -0.4 is 4.90 Å². The molecule has 9 heteroatoms. The van der Waals surface area contributed by atoms with E-state index in [-0.39, 0.29) is 23.2 Å². The Labute approximate surface area is 162 Å². The first-order valence-electron chi connectivity index (χ1n) is 9.69. The zero-order chi connectivity index (χ0) is 19.3. The Morgan fingerprint density at radius 1 is 1.36 bits per heavy atom. The van der Waals surface area contributed by atoms with Gasteiger partial charge in [-0.05, 0) is 48.6 Å². The smallest absolute Gasteiger partial charge is 0.227 e. The molecule has 2 bridgehead atoms. The van der Waals surface area contributed by atoms with Crippen LogP contribution in [0.1, 0.15) is 19.3 Å². The van der Waals surface area contributed by atoms with Crippen molar-refractivity contribution in [1.29, 1.82) is 0 Å². The first-order valence-corrected chi connectivity index (χ1v) is 9.69. The molecule has 148 valence electrons. The van der Waals surface area contributed by atoms with E-state index in [0.717, 1.165) is 25.8 Å². The maximum absolute atomic E-state index is 14.7. The van der Waals surface area contributed by atoms with Gasteiger partial charge in [0.05, 0.1) is 17.2 Å². The number of ether oxygens (including phenoxy) is 1. The first-order chi connectivity index (χ1) is 13.6. The standard InChI is InChI=1S/C19H23FN6O2/c1-28-19-7-12(8-19)9-26(11-19)18(27)14-4-5-25(10-14)16-3-2-13(6-15(16)20)17-21-23-24-22-17/h2-3,6,12,14H,4-5,7-11H2,1H3,(H,21,22,23,24). The van der Waals surface area contributed by atoms with E-state index in [4.69, 9.17) is 4.74 Å². The quantitative estimate of drug-likeness (QED) is 0.856. The number of H-pyrrole nitrogens is 1. The number of methoxy groups -OCH3 is 1. The third-order valence-electron chi connectivity index (χ3n) is 6.45. The molecule has 6 rings (SSSR count). The van der Waals surface area contributed by atoms with Crippen molar-refractivity contribution in [2.45, 2.75) is 24.9 Å². The maximum atomic E-state index is 14.7. The van der Waals surface area contributed by atoms with Gasteiger partial charge in [-0.3, -0.25) is 4.79 Å². The number of carbonyl (C=O) groups is 1. The molecule has 4 aliphatic rings. The Bertz CT molecular complexity index is 883. The molecule has 1 N–H and O–H groups in total. The fraction of sp³-hybridized carbons (Fsp3) is 0.579. The van der Waals surface area contributed by atoms with Gasteiger partial charge in [-0.2, -0.15) is 5.21 Å². The predicted octanol–water partition coefficient (Wildman–Crippen LogP) is 1.47. The number of fused-ring (bicyclic) bond motifs is 2. The zero-order valence-corrected chi connectivity index (χ0v) is 15.8. The van der Waals surface area contributed by atoms with E-state index in [1.54, 1.807) is 19.2 Å². The molecule has 3 aliphatic heterocycles. The van der Waals surface area contributed by atoms with Gasteiger partial charge in [0, 0.05) is 38.9 Å². The number of anilines is 1. The van der Waals surface area contributed by atoms with Crippen LogP contribution in [0, 0.1) is 17.7 Å². The highest BCUT2D eigenvalue weighted by atomic mass is 19.1. The van der Waals surface area contributed by atoms with Crippen LogP contribution in [0.4, 0.5) is 10.1 Å². The molecule has 1 aliphatic carbocycles. The van der Waals surface area contributed by atoms with Crippen molar-refractivity contribution in [3.8, 4) is 11.4 Å². The largest absolute Gasteiger partial charge is 0.376 e. The fourth-order valence-electron chi connectivity index (χ4n) is 5.00. The summed E-state index contributed by atoms with van der Waals surface area (Å²) < 4.78 is 20.4. The van der Waals surface area contributed by atoms with E-state index in [1.807, 2.05) is 9.80 Å². The van der Waals surface area contributed by atoms with Crippen LogP contribution in [-0.2, 0) is 9.53 Å². The molecule has 1 aromatic heterocycles.